The Kier molecular flexibility index (Phi) is 8.57. The van der Waals surface area contributed by atoms with Gasteiger partial charge in [0.05, 0.1) is 30.4 Å². The van der Waals surface area contributed by atoms with E-state index < -0.39 is 60.4 Å². The fourth-order valence-electron chi connectivity index (χ4n) is 8.45. The van der Waals surface area contributed by atoms with Crippen molar-refractivity contribution in [2.24, 2.45) is 5.92 Å². The van der Waals surface area contributed by atoms with Crippen LogP contribution in [0.5, 0.6) is 11.5 Å². The van der Waals surface area contributed by atoms with Crippen LogP contribution in [0.3, 0.4) is 0 Å². The van der Waals surface area contributed by atoms with Crippen LogP contribution in [0.1, 0.15) is 46.0 Å². The smallest absolute Gasteiger partial charge is 0.268 e. The van der Waals surface area contributed by atoms with Gasteiger partial charge in [0.2, 0.25) is 0 Å². The van der Waals surface area contributed by atoms with Gasteiger partial charge in [0.25, 0.3) is 6.33 Å². The SMILES string of the molecule is [2H]c1c([2H])c([2H])c(-c2cccc(-c3c([2H])c([2H])c([2H])c([2H])c3[2H])c2-[n+]2[c-]n(-c3[c-]c(Oc4[c-]c5c(cc4)c4ccccc4n5-c4cc(C(C)C(C)C)c(-c5ccccc5)cn4)ccc3)c3ccccc32)c([2H])c1[2H].[Pt]. The molecule has 3 aromatic heterocycles. The third-order valence-corrected chi connectivity index (χ3v) is 11.9. The summed E-state index contributed by atoms with van der Waals surface area (Å²) in [4.78, 5) is 5.09. The number of hydrogen-bond acceptors (Lipinski definition) is 2. The Morgan fingerprint density at radius 1 is 0.600 bits per heavy atom. The molecule has 0 aliphatic carbocycles. The Hall–Kier alpha value is -7.33. The summed E-state index contributed by atoms with van der Waals surface area (Å²) in [6.07, 6.45) is 5.38. The average Bonchev–Trinajstić information content (AvgIpc) is 3.98. The molecule has 0 bridgehead atoms. The van der Waals surface area contributed by atoms with Gasteiger partial charge in [-0.1, -0.05) is 178 Å². The minimum atomic E-state index is -0.573. The fraction of sp³-hybridized carbons (Fsp3) is 0.0847. The fourth-order valence-corrected chi connectivity index (χ4v) is 8.45. The zero-order valence-corrected chi connectivity index (χ0v) is 37.7. The monoisotopic (exact) mass is 1030 g/mol. The second-order valence-corrected chi connectivity index (χ2v) is 15.9. The molecule has 0 amide bonds. The topological polar surface area (TPSA) is 35.9 Å². The van der Waals surface area contributed by atoms with Crippen molar-refractivity contribution >= 4 is 32.8 Å². The molecule has 6 heteroatoms. The zero-order chi connectivity index (χ0) is 51.9. The van der Waals surface area contributed by atoms with E-state index in [4.69, 9.17) is 23.4 Å². The second-order valence-electron chi connectivity index (χ2n) is 15.9. The summed E-state index contributed by atoms with van der Waals surface area (Å²) in [6.45, 7) is 6.72. The molecule has 318 valence electrons. The third kappa shape index (κ3) is 7.66. The van der Waals surface area contributed by atoms with Gasteiger partial charge in [0.1, 0.15) is 5.82 Å². The van der Waals surface area contributed by atoms with Gasteiger partial charge in [0, 0.05) is 49.8 Å². The van der Waals surface area contributed by atoms with Crippen LogP contribution in [0.2, 0.25) is 0 Å². The van der Waals surface area contributed by atoms with Gasteiger partial charge in [-0.2, -0.15) is 18.2 Å². The summed E-state index contributed by atoms with van der Waals surface area (Å²) < 4.78 is 99.2. The van der Waals surface area contributed by atoms with Crippen LogP contribution in [-0.4, -0.2) is 14.1 Å². The van der Waals surface area contributed by atoms with E-state index in [1.165, 1.54) is 5.56 Å². The standard InChI is InChI=1S/C59H44N4O.Pt/c1-40(2)41(3)52-37-58(60-38-53(52)44-23-11-6-12-24-44)63-54-30-14-13-27-50(54)51-34-33-47(36-57(51)63)64-46-26-17-25-45(35-46)61-39-62(56-32-16-15-31-55(56)61)59-48(42-19-7-4-8-20-42)28-18-29-49(59)43-21-9-5-10-22-43;/h4-34,37-38,40-41H,1-3H3;/q-2;/i4D,5D,7D,8D,9D,10D,19D,20D,21D,22D;. The van der Waals surface area contributed by atoms with Crippen LogP contribution < -0.4 is 9.30 Å². The molecule has 0 aliphatic heterocycles. The van der Waals surface area contributed by atoms with E-state index in [0.29, 0.717) is 34.1 Å². The first-order valence-corrected chi connectivity index (χ1v) is 21.1. The second kappa shape index (κ2) is 17.7. The molecular formula is C59H44N4OPt-2. The minimum Gasteiger partial charge on any atom is -0.510 e. The number of imidazole rings is 1. The van der Waals surface area contributed by atoms with E-state index in [9.17, 15) is 0 Å². The van der Waals surface area contributed by atoms with E-state index in [-0.39, 0.29) is 54.9 Å². The molecule has 11 aromatic rings. The van der Waals surface area contributed by atoms with Crippen LogP contribution in [0, 0.1) is 24.4 Å². The first-order valence-electron chi connectivity index (χ1n) is 26.1. The Morgan fingerprint density at radius 3 is 1.97 bits per heavy atom. The molecule has 3 heterocycles. The largest absolute Gasteiger partial charge is 0.510 e. The Morgan fingerprint density at radius 2 is 1.25 bits per heavy atom. The molecule has 8 aromatic carbocycles. The van der Waals surface area contributed by atoms with Crippen LogP contribution in [0.15, 0.2) is 200 Å². The van der Waals surface area contributed by atoms with Crippen LogP contribution >= 0.6 is 0 Å². The van der Waals surface area contributed by atoms with E-state index >= 15 is 0 Å². The number of aromatic nitrogens is 4. The van der Waals surface area contributed by atoms with E-state index in [1.807, 2.05) is 85.1 Å². The summed E-state index contributed by atoms with van der Waals surface area (Å²) in [6, 6.07) is 43.8. The maximum Gasteiger partial charge on any atom is 0.268 e. The number of para-hydroxylation sites is 4. The van der Waals surface area contributed by atoms with Crippen molar-refractivity contribution in [1.29, 1.82) is 0 Å². The summed E-state index contributed by atoms with van der Waals surface area (Å²) in [5, 5.41) is 2.01. The molecule has 5 nitrogen and oxygen atoms in total. The van der Waals surface area contributed by atoms with Gasteiger partial charge in [-0.05, 0) is 68.4 Å². The van der Waals surface area contributed by atoms with Crippen molar-refractivity contribution in [3.63, 3.8) is 0 Å². The average molecular weight is 1030 g/mol. The van der Waals surface area contributed by atoms with Crippen LogP contribution in [-0.2, 0) is 21.1 Å². The summed E-state index contributed by atoms with van der Waals surface area (Å²) >= 11 is 0. The number of nitrogens with zero attached hydrogens (tertiary/aromatic N) is 4. The van der Waals surface area contributed by atoms with Crippen molar-refractivity contribution < 1.29 is 44.1 Å². The first-order chi connectivity index (χ1) is 35.6. The molecule has 0 saturated heterocycles. The molecule has 0 saturated carbocycles. The quantitative estimate of drug-likeness (QED) is 0.101. The molecule has 0 N–H and O–H groups in total. The molecule has 1 unspecified atom stereocenters. The van der Waals surface area contributed by atoms with Crippen molar-refractivity contribution in [2.75, 3.05) is 0 Å². The first kappa shape index (κ1) is 31.5. The summed E-state index contributed by atoms with van der Waals surface area (Å²) in [5.41, 5.74) is 6.95. The van der Waals surface area contributed by atoms with Crippen molar-refractivity contribution in [2.45, 2.75) is 26.7 Å². The number of benzene rings is 8. The van der Waals surface area contributed by atoms with E-state index in [2.05, 4.69) is 74.1 Å². The van der Waals surface area contributed by atoms with Gasteiger partial charge >= 0.3 is 0 Å². The van der Waals surface area contributed by atoms with E-state index in [0.717, 1.165) is 38.8 Å². The number of pyridine rings is 1. The van der Waals surface area contributed by atoms with Crippen LogP contribution in [0.25, 0.3) is 83.4 Å². The van der Waals surface area contributed by atoms with Gasteiger partial charge in [0.15, 0.2) is 0 Å². The molecule has 1 atom stereocenters. The van der Waals surface area contributed by atoms with Gasteiger partial charge < -0.3 is 13.9 Å². The number of rotatable bonds is 10. The predicted molar refractivity (Wildman–Crippen MR) is 260 cm³/mol. The summed E-state index contributed by atoms with van der Waals surface area (Å²) in [7, 11) is 0. The molecule has 65 heavy (non-hydrogen) atoms. The Labute approximate surface area is 408 Å². The maximum absolute atomic E-state index is 9.03. The minimum absolute atomic E-state index is 0. The normalized spacial score (nSPS) is 14.0. The molecule has 0 spiro atoms. The molecular weight excluding hydrogens is 976 g/mol. The van der Waals surface area contributed by atoms with E-state index in [1.54, 1.807) is 33.4 Å². The molecule has 0 radical (unpaired) electrons. The maximum atomic E-state index is 9.03. The number of ether oxygens (including phenoxy) is 1. The number of fused-ring (bicyclic) bond motifs is 4. The van der Waals surface area contributed by atoms with Gasteiger partial charge in [-0.15, -0.1) is 29.7 Å². The summed E-state index contributed by atoms with van der Waals surface area (Å²) in [5.74, 6) is 2.15. The van der Waals surface area contributed by atoms with Crippen molar-refractivity contribution in [1.82, 2.24) is 14.1 Å². The Bertz CT molecular complexity index is 3940. The Balaban J connectivity index is 0.00000641. The van der Waals surface area contributed by atoms with Crippen molar-refractivity contribution in [3.8, 4) is 62.1 Å². The van der Waals surface area contributed by atoms with Gasteiger partial charge in [-0.3, -0.25) is 4.57 Å². The predicted octanol–water partition coefficient (Wildman–Crippen LogP) is 14.4. The third-order valence-electron chi connectivity index (χ3n) is 11.9. The number of hydrogen-bond donors (Lipinski definition) is 0. The molecule has 0 aliphatic rings. The zero-order valence-electron chi connectivity index (χ0n) is 45.4. The van der Waals surface area contributed by atoms with Crippen molar-refractivity contribution in [3.05, 3.63) is 224 Å². The van der Waals surface area contributed by atoms with Gasteiger partial charge in [-0.25, -0.2) is 4.98 Å². The molecule has 11 rings (SSSR count). The van der Waals surface area contributed by atoms with Crippen LogP contribution in [0.4, 0.5) is 0 Å². The molecule has 0 fully saturated rings.